The molecule has 5 N–H and O–H groups in total. The summed E-state index contributed by atoms with van der Waals surface area (Å²) in [5, 5.41) is 17.5. The number of carbonyl (C=O) groups is 1. The average Bonchev–Trinajstić information content (AvgIpc) is 3.22. The van der Waals surface area contributed by atoms with Crippen LogP contribution in [0, 0.1) is 0 Å². The van der Waals surface area contributed by atoms with Gasteiger partial charge in [-0.25, -0.2) is 19.6 Å². The summed E-state index contributed by atoms with van der Waals surface area (Å²) < 4.78 is 46.3. The Balaban J connectivity index is 0.000000165. The summed E-state index contributed by atoms with van der Waals surface area (Å²) in [4.78, 5) is 23.1. The van der Waals surface area contributed by atoms with E-state index in [0.29, 0.717) is 12.2 Å². The second kappa shape index (κ2) is 9.48. The zero-order chi connectivity index (χ0) is 28.1. The van der Waals surface area contributed by atoms with Crippen LogP contribution in [-0.4, -0.2) is 67.0 Å². The Kier molecular flexibility index (Phi) is 6.05. The molecule has 2 aliphatic rings. The summed E-state index contributed by atoms with van der Waals surface area (Å²) in [6.07, 6.45) is 1.19. The van der Waals surface area contributed by atoms with Crippen molar-refractivity contribution in [3.8, 4) is 11.4 Å². The van der Waals surface area contributed by atoms with Crippen LogP contribution in [0.5, 0.6) is 0 Å². The molecular weight excluding hydrogens is 531 g/mol. The number of alkyl halides is 3. The zero-order valence-electron chi connectivity index (χ0n) is 21.1. The molecule has 1 aliphatic carbocycles. The summed E-state index contributed by atoms with van der Waals surface area (Å²) in [5.41, 5.74) is 8.52. The van der Waals surface area contributed by atoms with E-state index in [2.05, 4.69) is 40.6 Å². The minimum atomic E-state index is -4.33. The Morgan fingerprint density at radius 1 is 1.20 bits per heavy atom. The number of imidazole rings is 1. The molecule has 208 valence electrons. The first-order chi connectivity index (χ1) is 19.3. The highest BCUT2D eigenvalue weighted by Gasteiger charge is 2.66. The van der Waals surface area contributed by atoms with Crippen LogP contribution in [-0.2, 0) is 10.2 Å². The molecule has 16 heteroatoms. The van der Waals surface area contributed by atoms with E-state index in [-0.39, 0.29) is 30.5 Å². The number of nitrogen functional groups attached to an aromatic ring is 1. The van der Waals surface area contributed by atoms with Gasteiger partial charge in [0.15, 0.2) is 22.9 Å². The third-order valence-electron chi connectivity index (χ3n) is 7.17. The third kappa shape index (κ3) is 4.07. The lowest BCUT2D eigenvalue weighted by molar-refractivity contribution is -0.165. The van der Waals surface area contributed by atoms with E-state index in [1.54, 1.807) is 6.20 Å². The maximum Gasteiger partial charge on any atom is 0.401 e. The normalized spacial score (nSPS) is 16.3. The van der Waals surface area contributed by atoms with E-state index in [1.807, 2.05) is 34.5 Å². The van der Waals surface area contributed by atoms with Crippen molar-refractivity contribution in [3.05, 3.63) is 42.7 Å². The molecule has 2 fully saturated rings. The molecule has 13 nitrogen and oxygen atoms in total. The molecule has 1 aliphatic heterocycles. The number of carbonyl (C=O) groups excluding carboxylic acids is 1. The molecule has 5 aromatic heterocycles. The van der Waals surface area contributed by atoms with E-state index in [9.17, 15) is 18.0 Å². The van der Waals surface area contributed by atoms with Gasteiger partial charge in [0.1, 0.15) is 23.3 Å². The van der Waals surface area contributed by atoms with E-state index in [4.69, 9.17) is 10.8 Å². The van der Waals surface area contributed by atoms with Crippen LogP contribution < -0.4 is 21.7 Å². The van der Waals surface area contributed by atoms with Crippen LogP contribution >= 0.6 is 0 Å². The Morgan fingerprint density at radius 3 is 2.65 bits per heavy atom. The fraction of sp³-hybridized carbons (Fsp3) is 0.333. The van der Waals surface area contributed by atoms with Gasteiger partial charge in [0.2, 0.25) is 6.41 Å². The van der Waals surface area contributed by atoms with Crippen molar-refractivity contribution >= 4 is 40.4 Å². The average molecular weight is 556 g/mol. The molecule has 0 aromatic carbocycles. The van der Waals surface area contributed by atoms with Gasteiger partial charge in [-0.2, -0.15) is 18.3 Å². The Labute approximate surface area is 224 Å². The number of fused-ring (bicyclic) bond motifs is 2. The van der Waals surface area contributed by atoms with Crippen LogP contribution in [0.4, 0.5) is 30.5 Å². The molecule has 40 heavy (non-hydrogen) atoms. The van der Waals surface area contributed by atoms with Crippen molar-refractivity contribution in [1.82, 2.24) is 39.6 Å². The number of nitrogens with one attached hydrogen (secondary N) is 3. The largest absolute Gasteiger partial charge is 0.401 e. The quantitative estimate of drug-likeness (QED) is 0.229. The SMILES string of the molecule is CNc1ccc(-c2nn(C3CNC3)c3ncnc(N)c23)n2ccnc12.O=CNc1cc(C2(C(F)(F)F)CC2)on1. The van der Waals surface area contributed by atoms with E-state index < -0.39 is 11.6 Å². The summed E-state index contributed by atoms with van der Waals surface area (Å²) in [6, 6.07) is 5.39. The lowest BCUT2D eigenvalue weighted by Crippen LogP contribution is -2.43. The molecule has 1 saturated heterocycles. The molecular formula is C24H24F3N11O2. The molecule has 1 saturated carbocycles. The Hall–Kier alpha value is -4.73. The first kappa shape index (κ1) is 25.5. The van der Waals surface area contributed by atoms with Crippen LogP contribution in [0.1, 0.15) is 24.6 Å². The maximum atomic E-state index is 12.6. The summed E-state index contributed by atoms with van der Waals surface area (Å²) in [7, 11) is 1.88. The minimum absolute atomic E-state index is 0.00414. The highest BCUT2D eigenvalue weighted by Crippen LogP contribution is 2.59. The minimum Gasteiger partial charge on any atom is -0.385 e. The number of anilines is 3. The molecule has 0 bridgehead atoms. The van der Waals surface area contributed by atoms with Gasteiger partial charge < -0.3 is 26.2 Å². The van der Waals surface area contributed by atoms with Crippen molar-refractivity contribution < 1.29 is 22.5 Å². The van der Waals surface area contributed by atoms with Crippen LogP contribution in [0.25, 0.3) is 28.1 Å². The Bertz CT molecular complexity index is 1700. The van der Waals surface area contributed by atoms with Gasteiger partial charge in [-0.3, -0.25) is 9.20 Å². The molecule has 0 unspecified atom stereocenters. The second-order valence-electron chi connectivity index (χ2n) is 9.48. The van der Waals surface area contributed by atoms with Gasteiger partial charge in [0.25, 0.3) is 0 Å². The number of hydrogen-bond donors (Lipinski definition) is 4. The first-order valence-corrected chi connectivity index (χ1v) is 12.3. The number of pyridine rings is 1. The molecule has 1 amide bonds. The lowest BCUT2D eigenvalue weighted by atomic mass is 10.0. The zero-order valence-corrected chi connectivity index (χ0v) is 21.1. The Morgan fingerprint density at radius 2 is 2.00 bits per heavy atom. The fourth-order valence-corrected chi connectivity index (χ4v) is 4.70. The maximum absolute atomic E-state index is 12.6. The second-order valence-corrected chi connectivity index (χ2v) is 9.48. The number of nitrogens with zero attached hydrogens (tertiary/aromatic N) is 7. The first-order valence-electron chi connectivity index (χ1n) is 12.3. The van der Waals surface area contributed by atoms with Crippen LogP contribution in [0.2, 0.25) is 0 Å². The van der Waals surface area contributed by atoms with E-state index >= 15 is 0 Å². The van der Waals surface area contributed by atoms with Crippen molar-refractivity contribution in [2.45, 2.75) is 30.5 Å². The molecule has 0 atom stereocenters. The number of nitrogens with two attached hydrogens (primary N) is 1. The van der Waals surface area contributed by atoms with Gasteiger partial charge in [0.05, 0.1) is 22.8 Å². The smallest absolute Gasteiger partial charge is 0.385 e. The van der Waals surface area contributed by atoms with Crippen molar-refractivity contribution in [1.29, 1.82) is 0 Å². The van der Waals surface area contributed by atoms with Crippen LogP contribution in [0.3, 0.4) is 0 Å². The van der Waals surface area contributed by atoms with Gasteiger partial charge in [-0.1, -0.05) is 5.16 Å². The van der Waals surface area contributed by atoms with Gasteiger partial charge in [-0.05, 0) is 25.0 Å². The number of hydrogen-bond acceptors (Lipinski definition) is 10. The third-order valence-corrected chi connectivity index (χ3v) is 7.17. The summed E-state index contributed by atoms with van der Waals surface area (Å²) >= 11 is 0. The highest BCUT2D eigenvalue weighted by molar-refractivity contribution is 5.98. The summed E-state index contributed by atoms with van der Waals surface area (Å²) in [6.45, 7) is 1.75. The van der Waals surface area contributed by atoms with Crippen molar-refractivity contribution in [2.24, 2.45) is 0 Å². The monoisotopic (exact) mass is 555 g/mol. The molecule has 7 rings (SSSR count). The lowest BCUT2D eigenvalue weighted by Gasteiger charge is -2.27. The summed E-state index contributed by atoms with van der Waals surface area (Å²) in [5.74, 6) is 0.194. The fourth-order valence-electron chi connectivity index (χ4n) is 4.70. The van der Waals surface area contributed by atoms with Crippen molar-refractivity contribution in [3.63, 3.8) is 0 Å². The molecule has 5 aromatic rings. The number of aromatic nitrogens is 7. The molecule has 0 spiro atoms. The highest BCUT2D eigenvalue weighted by atomic mass is 19.4. The van der Waals surface area contributed by atoms with Gasteiger partial charge in [0, 0.05) is 38.6 Å². The predicted octanol–water partition coefficient (Wildman–Crippen LogP) is 2.75. The molecule has 0 radical (unpaired) electrons. The van der Waals surface area contributed by atoms with Crippen LogP contribution in [0.15, 0.2) is 41.4 Å². The van der Waals surface area contributed by atoms with Gasteiger partial charge >= 0.3 is 6.18 Å². The molecule has 6 heterocycles. The number of amides is 1. The standard InChI is InChI=1S/C16H17N9.C8H7F3N2O2/c1-18-10-2-3-11(24-5-4-20-15(10)24)13-12-14(17)21-8-22-16(12)25(23-13)9-6-19-7-9;9-8(10,11)7(1-2-7)5-3-6(12-4-14)13-15-5/h2-5,8-9,18-19H,6-7H2,1H3,(H2,17,21,22);3-4H,1-2H2,(H,12,13,14). The number of halogens is 3. The topological polar surface area (TPSA) is 166 Å². The van der Waals surface area contributed by atoms with Crippen molar-refractivity contribution in [2.75, 3.05) is 36.5 Å². The number of rotatable bonds is 6. The van der Waals surface area contributed by atoms with E-state index in [1.165, 1.54) is 6.33 Å². The predicted molar refractivity (Wildman–Crippen MR) is 139 cm³/mol. The van der Waals surface area contributed by atoms with E-state index in [0.717, 1.165) is 52.9 Å². The van der Waals surface area contributed by atoms with Gasteiger partial charge in [-0.15, -0.1) is 0 Å².